The number of aryl methyl sites for hydroxylation is 1. The largest absolute Gasteiger partial charge is 0.476 e. The maximum atomic E-state index is 14.9. The fraction of sp³-hybridized carbons (Fsp3) is 0.200. The van der Waals surface area contributed by atoms with Crippen LogP contribution in [0.15, 0.2) is 66.2 Å². The summed E-state index contributed by atoms with van der Waals surface area (Å²) in [4.78, 5) is 20.4. The number of rotatable bonds is 10. The van der Waals surface area contributed by atoms with Gasteiger partial charge >= 0.3 is 5.97 Å². The van der Waals surface area contributed by atoms with Gasteiger partial charge in [0.1, 0.15) is 5.82 Å². The lowest BCUT2D eigenvalue weighted by Crippen LogP contribution is -2.07. The number of hydrogen-bond acceptors (Lipinski definition) is 6. The number of carbonyl (C=O) groups is 1. The Morgan fingerprint density at radius 3 is 2.62 bits per heavy atom. The summed E-state index contributed by atoms with van der Waals surface area (Å²) in [5, 5.41) is 16.4. The van der Waals surface area contributed by atoms with Crippen LogP contribution in [0.5, 0.6) is 0 Å². The molecule has 0 bridgehead atoms. The van der Waals surface area contributed by atoms with E-state index in [4.69, 9.17) is 9.65 Å². The van der Waals surface area contributed by atoms with Crippen LogP contribution in [0.1, 0.15) is 45.8 Å². The van der Waals surface area contributed by atoms with Gasteiger partial charge in [-0.2, -0.15) is 5.10 Å². The molecule has 9 nitrogen and oxygen atoms in total. The zero-order valence-corrected chi connectivity index (χ0v) is 24.1. The third-order valence-electron chi connectivity index (χ3n) is 7.15. The molecule has 1 unspecified atom stereocenters. The zero-order valence-electron chi connectivity index (χ0n) is 22.5. The lowest BCUT2D eigenvalue weighted by atomic mass is 9.95. The second-order valence-corrected chi connectivity index (χ2v) is 11.8. The van der Waals surface area contributed by atoms with Crippen molar-refractivity contribution in [3.05, 3.63) is 100 Å². The second-order valence-electron chi connectivity index (χ2n) is 10.3. The van der Waals surface area contributed by atoms with Crippen molar-refractivity contribution in [1.29, 1.82) is 0 Å². The van der Waals surface area contributed by atoms with Crippen molar-refractivity contribution in [3.8, 4) is 27.5 Å². The Labute approximate surface area is 247 Å². The van der Waals surface area contributed by atoms with E-state index in [1.807, 2.05) is 49.5 Å². The van der Waals surface area contributed by atoms with Crippen LogP contribution in [0, 0.1) is 18.7 Å². The highest BCUT2D eigenvalue weighted by Crippen LogP contribution is 2.39. The number of nitrogens with one attached hydrogen (secondary N) is 1. The van der Waals surface area contributed by atoms with Crippen molar-refractivity contribution in [2.24, 2.45) is 5.92 Å². The maximum Gasteiger partial charge on any atom is 0.355 e. The molecule has 1 fully saturated rings. The van der Waals surface area contributed by atoms with Crippen molar-refractivity contribution in [1.82, 2.24) is 19.7 Å². The van der Waals surface area contributed by atoms with Crippen LogP contribution in [0.4, 0.5) is 10.1 Å². The van der Waals surface area contributed by atoms with Crippen molar-refractivity contribution >= 4 is 34.3 Å². The Kier molecular flexibility index (Phi) is 7.67. The summed E-state index contributed by atoms with van der Waals surface area (Å²) < 4.78 is 39.1. The first-order chi connectivity index (χ1) is 20.2. The van der Waals surface area contributed by atoms with Gasteiger partial charge in [0.05, 0.1) is 17.1 Å². The summed E-state index contributed by atoms with van der Waals surface area (Å²) >= 11 is -1.19. The maximum absolute atomic E-state index is 14.9. The molecule has 0 spiro atoms. The Morgan fingerprint density at radius 2 is 1.95 bits per heavy atom. The van der Waals surface area contributed by atoms with Gasteiger partial charge in [-0.15, -0.1) is 11.3 Å². The molecule has 12 heteroatoms. The minimum atomic E-state index is -2.40. The molecule has 42 heavy (non-hydrogen) atoms. The van der Waals surface area contributed by atoms with Gasteiger partial charge in [-0.1, -0.05) is 30.3 Å². The SMILES string of the molecule is Cc1ccc(-c2cccc(-c3nn(-c4nc(C(=O)O)cs4)c(CC4CC4)c3Cc3ccc(NS(=O)O)c(F)c3)c2)cn1. The number of thiazole rings is 1. The summed E-state index contributed by atoms with van der Waals surface area (Å²) in [6, 6.07) is 16.4. The molecule has 2 aromatic carbocycles. The Morgan fingerprint density at radius 1 is 1.14 bits per heavy atom. The quantitative estimate of drug-likeness (QED) is 0.160. The van der Waals surface area contributed by atoms with E-state index in [-0.39, 0.29) is 11.4 Å². The number of nitrogens with zero attached hydrogens (tertiary/aromatic N) is 4. The Bertz CT molecular complexity index is 1810. The number of halogens is 1. The molecule has 214 valence electrons. The number of aromatic carboxylic acids is 1. The van der Waals surface area contributed by atoms with E-state index in [2.05, 4.69) is 14.7 Å². The van der Waals surface area contributed by atoms with Crippen molar-refractivity contribution in [3.63, 3.8) is 0 Å². The molecule has 1 aliphatic carbocycles. The van der Waals surface area contributed by atoms with Crippen LogP contribution < -0.4 is 4.72 Å². The third kappa shape index (κ3) is 6.01. The van der Waals surface area contributed by atoms with Crippen molar-refractivity contribution < 1.29 is 23.1 Å². The number of aromatic nitrogens is 4. The predicted molar refractivity (Wildman–Crippen MR) is 160 cm³/mol. The van der Waals surface area contributed by atoms with Crippen molar-refractivity contribution in [2.45, 2.75) is 32.6 Å². The van der Waals surface area contributed by atoms with Gasteiger partial charge in [-0.25, -0.2) is 23.1 Å². The van der Waals surface area contributed by atoms with Gasteiger partial charge in [-0.3, -0.25) is 14.3 Å². The van der Waals surface area contributed by atoms with E-state index < -0.39 is 23.1 Å². The second kappa shape index (κ2) is 11.6. The van der Waals surface area contributed by atoms with Gasteiger partial charge in [0, 0.05) is 40.4 Å². The molecular weight excluding hydrogens is 577 g/mol. The molecule has 1 atom stereocenters. The van der Waals surface area contributed by atoms with Gasteiger partial charge < -0.3 is 5.11 Å². The number of carboxylic acid groups (broad SMARTS) is 1. The third-order valence-corrected chi connectivity index (χ3v) is 8.36. The molecule has 1 aliphatic rings. The van der Waals surface area contributed by atoms with E-state index in [0.29, 0.717) is 28.7 Å². The van der Waals surface area contributed by atoms with E-state index in [1.54, 1.807) is 10.7 Å². The van der Waals surface area contributed by atoms with Crippen LogP contribution in [-0.4, -0.2) is 39.6 Å². The molecule has 6 rings (SSSR count). The summed E-state index contributed by atoms with van der Waals surface area (Å²) in [7, 11) is 0. The molecule has 3 aromatic heterocycles. The summed E-state index contributed by atoms with van der Waals surface area (Å²) in [6.07, 6.45) is 5.05. The normalized spacial score (nSPS) is 13.7. The summed E-state index contributed by atoms with van der Waals surface area (Å²) in [5.41, 5.74) is 6.71. The van der Waals surface area contributed by atoms with Crippen molar-refractivity contribution in [2.75, 3.05) is 4.72 Å². The number of carboxylic acids is 1. The van der Waals surface area contributed by atoms with E-state index in [1.165, 1.54) is 28.8 Å². The number of benzene rings is 2. The van der Waals surface area contributed by atoms with Gasteiger partial charge in [0.25, 0.3) is 11.3 Å². The average molecular weight is 604 g/mol. The van der Waals surface area contributed by atoms with Gasteiger partial charge in [-0.05, 0) is 67.5 Å². The van der Waals surface area contributed by atoms with Crippen LogP contribution in [0.3, 0.4) is 0 Å². The molecule has 3 N–H and O–H groups in total. The fourth-order valence-electron chi connectivity index (χ4n) is 4.86. The molecule has 1 saturated carbocycles. The lowest BCUT2D eigenvalue weighted by molar-refractivity contribution is 0.0691. The van der Waals surface area contributed by atoms with Crippen LogP contribution in [0.25, 0.3) is 27.5 Å². The van der Waals surface area contributed by atoms with Crippen LogP contribution in [0.2, 0.25) is 0 Å². The van der Waals surface area contributed by atoms with E-state index in [0.717, 1.165) is 52.9 Å². The molecule has 0 saturated heterocycles. The highest BCUT2D eigenvalue weighted by atomic mass is 32.2. The van der Waals surface area contributed by atoms with Crippen LogP contribution in [-0.2, 0) is 24.1 Å². The molecular formula is C30H26FN5O4S2. The van der Waals surface area contributed by atoms with Gasteiger partial charge in [0.2, 0.25) is 5.13 Å². The minimum Gasteiger partial charge on any atom is -0.476 e. The average Bonchev–Trinajstić information content (AvgIpc) is 3.52. The highest BCUT2D eigenvalue weighted by molar-refractivity contribution is 7.80. The first-order valence-electron chi connectivity index (χ1n) is 13.2. The number of hydrogen-bond donors (Lipinski definition) is 3. The monoisotopic (exact) mass is 603 g/mol. The molecule has 3 heterocycles. The van der Waals surface area contributed by atoms with Crippen LogP contribution >= 0.6 is 11.3 Å². The van der Waals surface area contributed by atoms with Gasteiger partial charge in [0.15, 0.2) is 5.69 Å². The lowest BCUT2D eigenvalue weighted by Gasteiger charge is -2.11. The molecule has 5 aromatic rings. The first kappa shape index (κ1) is 27.9. The standard InChI is InChI=1S/C30H26FN5O4S2/c1-17-5-9-22(15-32-17)20-3-2-4-21(14-20)28-23(11-19-8-10-25(24(31)12-19)35-42(39)40)27(13-18-6-7-18)36(34-28)30-33-26(16-41-30)29(37)38/h2-5,8-10,12,14-16,18,35H,6-7,11,13H2,1H3,(H,37,38)(H,39,40). The smallest absolute Gasteiger partial charge is 0.355 e. The predicted octanol–water partition coefficient (Wildman–Crippen LogP) is 6.30. The Hall–Kier alpha value is -4.26. The zero-order chi connectivity index (χ0) is 29.4. The number of pyridine rings is 1. The number of anilines is 1. The summed E-state index contributed by atoms with van der Waals surface area (Å²) in [5.74, 6) is -1.28. The summed E-state index contributed by atoms with van der Waals surface area (Å²) in [6.45, 7) is 1.93. The van der Waals surface area contributed by atoms with E-state index in [9.17, 15) is 18.5 Å². The first-order valence-corrected chi connectivity index (χ1v) is 15.2. The highest BCUT2D eigenvalue weighted by Gasteiger charge is 2.29. The molecule has 0 amide bonds. The minimum absolute atomic E-state index is 0.0497. The fourth-order valence-corrected chi connectivity index (χ4v) is 5.99. The topological polar surface area (TPSA) is 130 Å². The molecule has 0 radical (unpaired) electrons. The molecule has 0 aliphatic heterocycles. The van der Waals surface area contributed by atoms with E-state index >= 15 is 0 Å². The Balaban J connectivity index is 1.50.